The third kappa shape index (κ3) is 33.1. The fourth-order valence-corrected chi connectivity index (χ4v) is 0. The average Bonchev–Trinajstić information content (AvgIpc) is 0.811. The number of rotatable bonds is 0. The van der Waals surface area contributed by atoms with Gasteiger partial charge in [-0.05, 0) is 0 Å². The van der Waals surface area contributed by atoms with E-state index in [1.165, 1.54) is 0 Å². The Morgan fingerprint density at radius 3 is 1.83 bits per heavy atom. The zero-order chi connectivity index (χ0) is 3.58. The van der Waals surface area contributed by atoms with Crippen molar-refractivity contribution in [2.75, 3.05) is 0 Å². The van der Waals surface area contributed by atoms with Crippen LogP contribution in [-0.4, -0.2) is 51.1 Å². The van der Waals surface area contributed by atoms with Gasteiger partial charge in [0, 0.05) is 0 Å². The molecule has 0 saturated heterocycles. The Morgan fingerprint density at radius 2 is 1.83 bits per heavy atom. The van der Waals surface area contributed by atoms with Crippen molar-refractivity contribution < 1.29 is 45.7 Å². The molecule has 0 heterocycles. The molecule has 1 N–H and O–H groups in total. The molecule has 30 valence electrons. The fraction of sp³-hybridized carbons (Fsp3) is 0. The second-order valence-corrected chi connectivity index (χ2v) is 0.651. The van der Waals surface area contributed by atoms with E-state index in [1.807, 2.05) is 0 Å². The van der Waals surface area contributed by atoms with Crippen LogP contribution in [0.4, 0.5) is 0 Å². The van der Waals surface area contributed by atoms with E-state index in [-0.39, 0.29) is 70.1 Å². The molecule has 0 amide bonds. The maximum Gasteiger partial charge on any atom is 2.00 e. The van der Waals surface area contributed by atoms with Crippen molar-refractivity contribution in [2.45, 2.75) is 0 Å². The topological polar surface area (TPSA) is 60.4 Å². The monoisotopic (exact) mass is 146 g/mol. The molecule has 0 aromatic carbocycles. The Morgan fingerprint density at radius 1 is 1.83 bits per heavy atom. The summed E-state index contributed by atoms with van der Waals surface area (Å²) in [6.45, 7) is 0. The number of hydrogen-bond acceptors (Lipinski definition) is 2. The maximum absolute atomic E-state index is 8.56. The summed E-state index contributed by atoms with van der Waals surface area (Å²) in [5.74, 6) is 0. The van der Waals surface area contributed by atoms with Crippen LogP contribution in [0.25, 0.3) is 0 Å². The Balaban J connectivity index is -0.00000000750. The summed E-state index contributed by atoms with van der Waals surface area (Å²) in [5, 5.41) is 0. The van der Waals surface area contributed by atoms with E-state index in [0.29, 0.717) is 0 Å². The van der Waals surface area contributed by atoms with Gasteiger partial charge in [-0.25, -0.2) is 4.21 Å². The molecule has 3 nitrogen and oxygen atoms in total. The predicted molar refractivity (Wildman–Crippen MR) is 19.5 cm³/mol. The van der Waals surface area contributed by atoms with Crippen molar-refractivity contribution in [1.82, 2.24) is 0 Å². The van der Waals surface area contributed by atoms with Gasteiger partial charge in [-0.1, -0.05) is 0 Å². The van der Waals surface area contributed by atoms with Crippen molar-refractivity contribution >= 4 is 49.1 Å². The first-order valence-electron chi connectivity index (χ1n) is 0.516. The summed E-state index contributed by atoms with van der Waals surface area (Å²) < 4.78 is 24.1. The summed E-state index contributed by atoms with van der Waals surface area (Å²) in [6, 6.07) is 0. The van der Waals surface area contributed by atoms with Crippen molar-refractivity contribution in [3.8, 4) is 0 Å². The molecule has 0 aromatic rings. The maximum atomic E-state index is 8.56. The third-order valence-corrected chi connectivity index (χ3v) is 0. The molecule has 0 aliphatic carbocycles. The predicted octanol–water partition coefficient (Wildman–Crippen LogP) is -3.81. The van der Waals surface area contributed by atoms with E-state index in [0.717, 1.165) is 0 Å². The molecular formula is H3CaNaO3S. The van der Waals surface area contributed by atoms with Crippen molar-refractivity contribution in [3.63, 3.8) is 0 Å². The quantitative estimate of drug-likeness (QED) is 0.281. The molecule has 0 radical (unpaired) electrons. The van der Waals surface area contributed by atoms with Crippen LogP contribution < -0.4 is 29.6 Å². The molecule has 0 fully saturated rings. The van der Waals surface area contributed by atoms with Crippen molar-refractivity contribution in [3.05, 3.63) is 0 Å². The van der Waals surface area contributed by atoms with E-state index in [2.05, 4.69) is 0 Å². The standard InChI is InChI=1S/Ca.Na.H2O3S.2H/c;;1-4(2)3;;/h;;(H2,1,2,3);;/q+2;+1;;2*-1/p-1. The van der Waals surface area contributed by atoms with E-state index < -0.39 is 11.4 Å². The van der Waals surface area contributed by atoms with Crippen LogP contribution in [0.1, 0.15) is 2.85 Å². The summed E-state index contributed by atoms with van der Waals surface area (Å²) in [7, 11) is 0. The molecule has 0 aliphatic rings. The van der Waals surface area contributed by atoms with Crippen molar-refractivity contribution in [1.29, 1.82) is 0 Å². The molecule has 0 bridgehead atoms. The van der Waals surface area contributed by atoms with Gasteiger partial charge in [-0.3, -0.25) is 0 Å². The molecule has 0 aliphatic heterocycles. The van der Waals surface area contributed by atoms with E-state index >= 15 is 0 Å². The van der Waals surface area contributed by atoms with Gasteiger partial charge in [0.15, 0.2) is 0 Å². The molecule has 6 heteroatoms. The Hall–Kier alpha value is 2.33. The van der Waals surface area contributed by atoms with Crippen LogP contribution in [0.5, 0.6) is 0 Å². The normalized spacial score (nSPS) is 10.3. The van der Waals surface area contributed by atoms with Gasteiger partial charge in [-0.2, -0.15) is 0 Å². The molecule has 0 saturated carbocycles. The molecule has 1 atom stereocenters. The molecular weight excluding hydrogens is 143 g/mol. The van der Waals surface area contributed by atoms with Gasteiger partial charge in [0.05, 0.1) is 11.4 Å². The van der Waals surface area contributed by atoms with Crippen LogP contribution in [0, 0.1) is 0 Å². The van der Waals surface area contributed by atoms with Crippen LogP contribution in [0.15, 0.2) is 0 Å². The van der Waals surface area contributed by atoms with Crippen LogP contribution in [0.2, 0.25) is 0 Å². The summed E-state index contributed by atoms with van der Waals surface area (Å²) in [5.41, 5.74) is 0. The molecule has 0 rings (SSSR count). The molecule has 6 heavy (non-hydrogen) atoms. The van der Waals surface area contributed by atoms with E-state index in [9.17, 15) is 0 Å². The minimum Gasteiger partial charge on any atom is -1.00 e. The Bertz CT molecular complexity index is 40.3. The second kappa shape index (κ2) is 10.3. The fourth-order valence-electron chi connectivity index (χ4n) is 0. The van der Waals surface area contributed by atoms with Crippen molar-refractivity contribution in [2.24, 2.45) is 0 Å². The first-order chi connectivity index (χ1) is 1.73. The van der Waals surface area contributed by atoms with Gasteiger partial charge < -0.3 is 12.0 Å². The SMILES string of the molecule is O=S([O-])O.[Ca+2].[H-].[H-].[Na+]. The van der Waals surface area contributed by atoms with Gasteiger partial charge in [-0.15, -0.1) is 0 Å². The minimum atomic E-state index is -2.86. The first-order valence-corrected chi connectivity index (χ1v) is 1.55. The largest absolute Gasteiger partial charge is 2.00 e. The van der Waals surface area contributed by atoms with E-state index in [4.69, 9.17) is 13.3 Å². The smallest absolute Gasteiger partial charge is 1.00 e. The minimum absolute atomic E-state index is 0. The van der Waals surface area contributed by atoms with Crippen LogP contribution >= 0.6 is 0 Å². The Kier molecular flexibility index (Phi) is 27.1. The zero-order valence-electron chi connectivity index (χ0n) is 5.38. The molecule has 0 aromatic heterocycles. The van der Waals surface area contributed by atoms with Crippen LogP contribution in [-0.2, 0) is 11.4 Å². The van der Waals surface area contributed by atoms with Gasteiger partial charge >= 0.3 is 67.3 Å². The summed E-state index contributed by atoms with van der Waals surface area (Å²) >= 11 is -2.86. The van der Waals surface area contributed by atoms with Gasteiger partial charge in [0.2, 0.25) is 0 Å². The zero-order valence-corrected chi connectivity index (χ0v) is 8.40. The first kappa shape index (κ1) is 15.8. The summed E-state index contributed by atoms with van der Waals surface area (Å²) in [4.78, 5) is 0. The van der Waals surface area contributed by atoms with E-state index in [1.54, 1.807) is 0 Å². The number of hydrogen-bond donors (Lipinski definition) is 1. The Labute approximate surface area is 93.3 Å². The summed E-state index contributed by atoms with van der Waals surface area (Å²) in [6.07, 6.45) is 0. The van der Waals surface area contributed by atoms with Gasteiger partial charge in [0.1, 0.15) is 0 Å². The third-order valence-electron chi connectivity index (χ3n) is 0. The van der Waals surface area contributed by atoms with Crippen LogP contribution in [0.3, 0.4) is 0 Å². The average molecular weight is 146 g/mol. The molecule has 0 spiro atoms. The van der Waals surface area contributed by atoms with Gasteiger partial charge in [0.25, 0.3) is 0 Å². The second-order valence-electron chi connectivity index (χ2n) is 0.217. The molecule has 1 unspecified atom stereocenters.